The molecular weight excluding hydrogens is 420 g/mol. The number of hydrogen-bond donors (Lipinski definition) is 2. The number of fused-ring (bicyclic) bond motifs is 1. The highest BCUT2D eigenvalue weighted by Gasteiger charge is 2.49. The first-order valence-electron chi connectivity index (χ1n) is 9.95. The Kier molecular flexibility index (Phi) is 5.22. The predicted octanol–water partition coefficient (Wildman–Crippen LogP) is 1.97. The Labute approximate surface area is 179 Å². The van der Waals surface area contributed by atoms with Gasteiger partial charge in [0.2, 0.25) is 16.0 Å². The molecule has 162 valence electrons. The molecule has 2 N–H and O–H groups in total. The molecular formula is C21H22N4O5S. The van der Waals surface area contributed by atoms with Crippen LogP contribution in [0.1, 0.15) is 5.56 Å². The van der Waals surface area contributed by atoms with Crippen LogP contribution in [0.2, 0.25) is 0 Å². The average molecular weight is 442 g/mol. The summed E-state index contributed by atoms with van der Waals surface area (Å²) in [6.45, 7) is 2.49. The third kappa shape index (κ3) is 4.07. The zero-order chi connectivity index (χ0) is 21.4. The molecule has 5 rings (SSSR count). The number of hydrogen-bond acceptors (Lipinski definition) is 8. The Morgan fingerprint density at radius 1 is 1.00 bits per heavy atom. The lowest BCUT2D eigenvalue weighted by molar-refractivity contribution is 0.0690. The van der Waals surface area contributed by atoms with E-state index in [9.17, 15) is 8.42 Å². The molecule has 31 heavy (non-hydrogen) atoms. The normalized spacial score (nSPS) is 25.5. The smallest absolute Gasteiger partial charge is 0.240 e. The Morgan fingerprint density at radius 3 is 2.48 bits per heavy atom. The molecule has 2 aliphatic rings. The predicted molar refractivity (Wildman–Crippen MR) is 112 cm³/mol. The van der Waals surface area contributed by atoms with Crippen LogP contribution in [0.3, 0.4) is 0 Å². The first-order chi connectivity index (χ1) is 15.0. The largest absolute Gasteiger partial charge is 0.463 e. The summed E-state index contributed by atoms with van der Waals surface area (Å²) in [7, 11) is -3.67. The van der Waals surface area contributed by atoms with Crippen molar-refractivity contribution in [2.75, 3.05) is 18.5 Å². The monoisotopic (exact) mass is 442 g/mol. The fourth-order valence-corrected chi connectivity index (χ4v) is 5.10. The van der Waals surface area contributed by atoms with Crippen LogP contribution in [0.4, 0.5) is 5.95 Å². The van der Waals surface area contributed by atoms with Gasteiger partial charge >= 0.3 is 0 Å². The van der Waals surface area contributed by atoms with Crippen molar-refractivity contribution in [1.82, 2.24) is 14.7 Å². The molecule has 2 aromatic heterocycles. The number of rotatable bonds is 6. The van der Waals surface area contributed by atoms with Gasteiger partial charge in [0.25, 0.3) is 0 Å². The van der Waals surface area contributed by atoms with Gasteiger partial charge in [-0.2, -0.15) is 0 Å². The molecule has 0 radical (unpaired) electrons. The van der Waals surface area contributed by atoms with Crippen molar-refractivity contribution < 1.29 is 22.3 Å². The summed E-state index contributed by atoms with van der Waals surface area (Å²) in [5.41, 5.74) is 1.66. The molecule has 0 spiro atoms. The fraction of sp³-hybridized carbons (Fsp3) is 0.333. The van der Waals surface area contributed by atoms with Gasteiger partial charge < -0.3 is 19.2 Å². The molecule has 2 aliphatic heterocycles. The van der Waals surface area contributed by atoms with Crippen molar-refractivity contribution in [1.29, 1.82) is 0 Å². The number of aryl methyl sites for hydroxylation is 1. The molecule has 10 heteroatoms. The molecule has 4 unspecified atom stereocenters. The zero-order valence-corrected chi connectivity index (χ0v) is 17.6. The quantitative estimate of drug-likeness (QED) is 0.595. The Balaban J connectivity index is 1.26. The van der Waals surface area contributed by atoms with E-state index in [0.29, 0.717) is 24.0 Å². The summed E-state index contributed by atoms with van der Waals surface area (Å²) >= 11 is 0. The zero-order valence-electron chi connectivity index (χ0n) is 16.8. The van der Waals surface area contributed by atoms with Crippen LogP contribution in [0.5, 0.6) is 0 Å². The maximum atomic E-state index is 12.7. The van der Waals surface area contributed by atoms with Crippen LogP contribution < -0.4 is 10.0 Å². The molecule has 1 aromatic carbocycles. The lowest BCUT2D eigenvalue weighted by Gasteiger charge is -2.18. The van der Waals surface area contributed by atoms with E-state index in [0.717, 1.165) is 5.56 Å². The van der Waals surface area contributed by atoms with Gasteiger partial charge in [0.1, 0.15) is 17.9 Å². The number of sulfonamides is 1. The summed E-state index contributed by atoms with van der Waals surface area (Å²) in [6.07, 6.45) is 2.52. The standard InChI is InChI=1S/C21H22N4O5S/c1-13-4-6-14(7-5-13)31(26,27)25-17-12-30-19-16(11-29-20(17)19)24-21-22-9-8-15(23-21)18-3-2-10-28-18/h2-10,16-17,19-20,25H,11-12H2,1H3,(H,22,23,24). The minimum absolute atomic E-state index is 0.203. The lowest BCUT2D eigenvalue weighted by atomic mass is 10.1. The third-order valence-electron chi connectivity index (χ3n) is 5.43. The second kappa shape index (κ2) is 8.04. The minimum atomic E-state index is -3.67. The molecule has 2 fully saturated rings. The van der Waals surface area contributed by atoms with Gasteiger partial charge in [-0.3, -0.25) is 0 Å². The van der Waals surface area contributed by atoms with Crippen molar-refractivity contribution in [3.05, 3.63) is 60.5 Å². The van der Waals surface area contributed by atoms with Crippen molar-refractivity contribution in [3.63, 3.8) is 0 Å². The van der Waals surface area contributed by atoms with Crippen LogP contribution in [0.15, 0.2) is 64.2 Å². The highest BCUT2D eigenvalue weighted by Crippen LogP contribution is 2.30. The average Bonchev–Trinajstić information content (AvgIpc) is 3.49. The second-order valence-electron chi connectivity index (χ2n) is 7.63. The second-order valence-corrected chi connectivity index (χ2v) is 9.34. The van der Waals surface area contributed by atoms with Gasteiger partial charge in [-0.25, -0.2) is 23.1 Å². The third-order valence-corrected chi connectivity index (χ3v) is 6.94. The first-order valence-corrected chi connectivity index (χ1v) is 11.4. The van der Waals surface area contributed by atoms with E-state index in [1.165, 1.54) is 0 Å². The van der Waals surface area contributed by atoms with Crippen molar-refractivity contribution in [3.8, 4) is 11.5 Å². The van der Waals surface area contributed by atoms with Crippen LogP contribution >= 0.6 is 0 Å². The number of furan rings is 1. The van der Waals surface area contributed by atoms with Gasteiger partial charge in [0, 0.05) is 6.20 Å². The molecule has 4 heterocycles. The highest BCUT2D eigenvalue weighted by atomic mass is 32.2. The van der Waals surface area contributed by atoms with Crippen molar-refractivity contribution >= 4 is 16.0 Å². The van der Waals surface area contributed by atoms with E-state index in [1.807, 2.05) is 13.0 Å². The van der Waals surface area contributed by atoms with E-state index in [-0.39, 0.29) is 23.6 Å². The number of nitrogens with zero attached hydrogens (tertiary/aromatic N) is 2. The maximum absolute atomic E-state index is 12.7. The van der Waals surface area contributed by atoms with Gasteiger partial charge in [0.15, 0.2) is 5.76 Å². The van der Waals surface area contributed by atoms with Crippen molar-refractivity contribution in [2.45, 2.75) is 36.1 Å². The van der Waals surface area contributed by atoms with Crippen LogP contribution in [-0.2, 0) is 19.5 Å². The topological polar surface area (TPSA) is 116 Å². The number of ether oxygens (including phenoxy) is 2. The highest BCUT2D eigenvalue weighted by molar-refractivity contribution is 7.89. The molecule has 0 saturated carbocycles. The lowest BCUT2D eigenvalue weighted by Crippen LogP contribution is -2.44. The van der Waals surface area contributed by atoms with Crippen LogP contribution in [0, 0.1) is 6.92 Å². The molecule has 0 aliphatic carbocycles. The molecule has 3 aromatic rings. The number of nitrogens with one attached hydrogen (secondary N) is 2. The van der Waals surface area contributed by atoms with Gasteiger partial charge in [-0.15, -0.1) is 0 Å². The van der Waals surface area contributed by atoms with Gasteiger partial charge in [-0.05, 0) is 37.3 Å². The van der Waals surface area contributed by atoms with Crippen molar-refractivity contribution in [2.24, 2.45) is 0 Å². The van der Waals surface area contributed by atoms with E-state index in [1.54, 1.807) is 48.9 Å². The first kappa shape index (κ1) is 20.1. The Hall–Kier alpha value is -2.79. The Bertz CT molecular complexity index is 1150. The van der Waals surface area contributed by atoms with Crippen LogP contribution in [-0.4, -0.2) is 55.9 Å². The molecule has 4 atom stereocenters. The maximum Gasteiger partial charge on any atom is 0.240 e. The number of benzene rings is 1. The SMILES string of the molecule is Cc1ccc(S(=O)(=O)NC2COC3C(Nc4nccc(-c5ccco5)n4)COC23)cc1. The molecule has 9 nitrogen and oxygen atoms in total. The summed E-state index contributed by atoms with van der Waals surface area (Å²) in [5.74, 6) is 1.07. The molecule has 2 saturated heterocycles. The number of aromatic nitrogens is 2. The summed E-state index contributed by atoms with van der Waals surface area (Å²) < 4.78 is 45.4. The van der Waals surface area contributed by atoms with Gasteiger partial charge in [-0.1, -0.05) is 17.7 Å². The number of anilines is 1. The molecule has 0 bridgehead atoms. The summed E-state index contributed by atoms with van der Waals surface area (Å²) in [5, 5.41) is 3.24. The van der Waals surface area contributed by atoms with E-state index in [4.69, 9.17) is 13.9 Å². The summed E-state index contributed by atoms with van der Waals surface area (Å²) in [6, 6.07) is 11.4. The van der Waals surface area contributed by atoms with Crippen LogP contribution in [0.25, 0.3) is 11.5 Å². The Morgan fingerprint density at radius 2 is 1.74 bits per heavy atom. The fourth-order valence-electron chi connectivity index (χ4n) is 3.86. The van der Waals surface area contributed by atoms with E-state index in [2.05, 4.69) is 20.0 Å². The minimum Gasteiger partial charge on any atom is -0.463 e. The van der Waals surface area contributed by atoms with E-state index >= 15 is 0 Å². The molecule has 0 amide bonds. The van der Waals surface area contributed by atoms with Gasteiger partial charge in [0.05, 0.1) is 36.5 Å². The summed E-state index contributed by atoms with van der Waals surface area (Å²) in [4.78, 5) is 8.96. The van der Waals surface area contributed by atoms with E-state index < -0.39 is 22.2 Å².